The van der Waals surface area contributed by atoms with E-state index in [1.165, 1.54) is 17.5 Å². The van der Waals surface area contributed by atoms with Gasteiger partial charge in [0.15, 0.2) is 5.17 Å². The summed E-state index contributed by atoms with van der Waals surface area (Å²) in [5.74, 6) is 0.959. The Kier molecular flexibility index (Phi) is 8.00. The molecule has 0 radical (unpaired) electrons. The van der Waals surface area contributed by atoms with E-state index in [4.69, 9.17) is 21.5 Å². The Morgan fingerprint density at radius 3 is 2.48 bits per heavy atom. The number of methoxy groups -OCH3 is 1. The van der Waals surface area contributed by atoms with Crippen LogP contribution in [-0.4, -0.2) is 54.8 Å². The van der Waals surface area contributed by atoms with Gasteiger partial charge in [-0.1, -0.05) is 48.5 Å². The van der Waals surface area contributed by atoms with E-state index in [9.17, 15) is 0 Å². The van der Waals surface area contributed by atoms with E-state index in [1.54, 1.807) is 7.11 Å². The average Bonchev–Trinajstić information content (AvgIpc) is 2.77. The van der Waals surface area contributed by atoms with Gasteiger partial charge in [-0.2, -0.15) is 0 Å². The molecule has 0 amide bonds. The fourth-order valence-corrected chi connectivity index (χ4v) is 3.97. The Bertz CT molecular complexity index is 848. The van der Waals surface area contributed by atoms with Gasteiger partial charge < -0.3 is 9.64 Å². The van der Waals surface area contributed by atoms with Crippen LogP contribution in [0.1, 0.15) is 11.1 Å². The highest BCUT2D eigenvalue weighted by Gasteiger charge is 2.20. The highest BCUT2D eigenvalue weighted by atomic mass is 35.5. The number of aliphatic imine (C=N–C) groups is 1. The molecule has 0 aliphatic carbocycles. The van der Waals surface area contributed by atoms with E-state index in [0.717, 1.165) is 55.6 Å². The van der Waals surface area contributed by atoms with Crippen molar-refractivity contribution in [2.24, 2.45) is 10.1 Å². The van der Waals surface area contributed by atoms with E-state index in [2.05, 4.69) is 33.5 Å². The van der Waals surface area contributed by atoms with E-state index in [1.807, 2.05) is 36.4 Å². The minimum atomic E-state index is 0.688. The quantitative estimate of drug-likeness (QED) is 0.424. The van der Waals surface area contributed by atoms with Gasteiger partial charge in [-0.25, -0.2) is 4.99 Å². The SMILES string of the molecule is C=C(/N=C(\SN)N1CCN(CCc2ccccc2OC)CC1)c1ccc(Cl)cc1. The van der Waals surface area contributed by atoms with Gasteiger partial charge in [0.25, 0.3) is 0 Å². The molecule has 7 heteroatoms. The zero-order valence-electron chi connectivity index (χ0n) is 16.7. The standard InChI is InChI=1S/C22H27ClN4OS/c1-17(18-7-9-20(23)10-8-18)25-22(29-24)27-15-13-26(14-16-27)12-11-19-5-3-4-6-21(19)28-2/h3-10H,1,11-16,24H2,2H3/b25-22-. The summed E-state index contributed by atoms with van der Waals surface area (Å²) in [4.78, 5) is 9.36. The Balaban J connectivity index is 1.54. The van der Waals surface area contributed by atoms with Crippen LogP contribution in [0.5, 0.6) is 5.75 Å². The number of nitrogens with zero attached hydrogens (tertiary/aromatic N) is 3. The van der Waals surface area contributed by atoms with Crippen LogP contribution in [0.25, 0.3) is 5.70 Å². The molecule has 0 saturated carbocycles. The third-order valence-corrected chi connectivity index (χ3v) is 5.86. The highest BCUT2D eigenvalue weighted by molar-refractivity contribution is 8.11. The first-order valence-electron chi connectivity index (χ1n) is 9.60. The lowest BCUT2D eigenvalue weighted by atomic mass is 10.1. The normalized spacial score (nSPS) is 15.4. The van der Waals surface area contributed by atoms with Crippen molar-refractivity contribution < 1.29 is 4.74 Å². The molecule has 1 aliphatic rings. The summed E-state index contributed by atoms with van der Waals surface area (Å²) in [6.45, 7) is 8.82. The average molecular weight is 431 g/mol. The largest absolute Gasteiger partial charge is 0.496 e. The predicted molar refractivity (Wildman–Crippen MR) is 124 cm³/mol. The highest BCUT2D eigenvalue weighted by Crippen LogP contribution is 2.21. The number of hydrogen-bond acceptors (Lipinski definition) is 5. The fraction of sp³-hybridized carbons (Fsp3) is 0.318. The van der Waals surface area contributed by atoms with Crippen LogP contribution in [0.4, 0.5) is 0 Å². The van der Waals surface area contributed by atoms with Gasteiger partial charge in [0.1, 0.15) is 5.75 Å². The van der Waals surface area contributed by atoms with Crippen LogP contribution in [0.3, 0.4) is 0 Å². The Labute approximate surface area is 182 Å². The molecule has 0 unspecified atom stereocenters. The Morgan fingerprint density at radius 1 is 1.14 bits per heavy atom. The third-order valence-electron chi connectivity index (χ3n) is 5.05. The maximum Gasteiger partial charge on any atom is 0.179 e. The predicted octanol–water partition coefficient (Wildman–Crippen LogP) is 4.14. The number of piperazine rings is 1. The van der Waals surface area contributed by atoms with Gasteiger partial charge in [-0.3, -0.25) is 10.0 Å². The molecule has 0 spiro atoms. The lowest BCUT2D eigenvalue weighted by molar-refractivity contribution is 0.185. The third kappa shape index (κ3) is 6.00. The first-order valence-corrected chi connectivity index (χ1v) is 10.9. The molecular formula is C22H27ClN4OS. The molecule has 3 rings (SSSR count). The summed E-state index contributed by atoms with van der Waals surface area (Å²) in [6, 6.07) is 15.7. The lowest BCUT2D eigenvalue weighted by Gasteiger charge is -2.36. The van der Waals surface area contributed by atoms with Gasteiger partial charge >= 0.3 is 0 Å². The Morgan fingerprint density at radius 2 is 1.83 bits per heavy atom. The number of ether oxygens (including phenoxy) is 1. The lowest BCUT2D eigenvalue weighted by Crippen LogP contribution is -2.48. The van der Waals surface area contributed by atoms with Crippen LogP contribution in [0, 0.1) is 0 Å². The molecule has 2 N–H and O–H groups in total. The van der Waals surface area contributed by atoms with Crippen molar-refractivity contribution >= 4 is 34.4 Å². The van der Waals surface area contributed by atoms with Crippen molar-refractivity contribution in [3.8, 4) is 5.75 Å². The van der Waals surface area contributed by atoms with Gasteiger partial charge in [0.2, 0.25) is 0 Å². The summed E-state index contributed by atoms with van der Waals surface area (Å²) in [6.07, 6.45) is 0.976. The molecule has 0 atom stereocenters. The number of rotatable bonds is 6. The second-order valence-electron chi connectivity index (χ2n) is 6.86. The molecule has 0 aromatic heterocycles. The van der Waals surface area contributed by atoms with Gasteiger partial charge in [0, 0.05) is 37.7 Å². The van der Waals surface area contributed by atoms with Crippen LogP contribution < -0.4 is 9.88 Å². The first kappa shape index (κ1) is 21.7. The van der Waals surface area contributed by atoms with E-state index in [-0.39, 0.29) is 0 Å². The zero-order chi connectivity index (χ0) is 20.6. The summed E-state index contributed by atoms with van der Waals surface area (Å²) in [7, 11) is 1.72. The summed E-state index contributed by atoms with van der Waals surface area (Å²) in [5.41, 5.74) is 2.88. The van der Waals surface area contributed by atoms with Crippen molar-refractivity contribution in [2.75, 3.05) is 39.8 Å². The van der Waals surface area contributed by atoms with E-state index < -0.39 is 0 Å². The summed E-state index contributed by atoms with van der Waals surface area (Å²) >= 11 is 7.13. The van der Waals surface area contributed by atoms with Crippen LogP contribution in [0.2, 0.25) is 5.02 Å². The van der Waals surface area contributed by atoms with Crippen LogP contribution >= 0.6 is 23.5 Å². The number of nitrogens with two attached hydrogens (primary N) is 1. The monoisotopic (exact) mass is 430 g/mol. The maximum absolute atomic E-state index is 5.96. The Hall–Kier alpha value is -1.99. The number of benzene rings is 2. The van der Waals surface area contributed by atoms with Gasteiger partial charge in [0.05, 0.1) is 12.8 Å². The van der Waals surface area contributed by atoms with Crippen molar-refractivity contribution in [1.82, 2.24) is 9.80 Å². The van der Waals surface area contributed by atoms with Gasteiger partial charge in [-0.15, -0.1) is 0 Å². The molecule has 5 nitrogen and oxygen atoms in total. The van der Waals surface area contributed by atoms with Crippen LogP contribution in [0.15, 0.2) is 60.1 Å². The summed E-state index contributed by atoms with van der Waals surface area (Å²) in [5, 5.41) is 7.41. The molecular weight excluding hydrogens is 404 g/mol. The second kappa shape index (κ2) is 10.7. The number of para-hydroxylation sites is 1. The molecule has 1 fully saturated rings. The first-order chi connectivity index (χ1) is 14.1. The fourth-order valence-electron chi connectivity index (χ4n) is 3.34. The second-order valence-corrected chi connectivity index (χ2v) is 7.89. The van der Waals surface area contributed by atoms with Crippen molar-refractivity contribution in [1.29, 1.82) is 0 Å². The molecule has 2 aromatic carbocycles. The van der Waals surface area contributed by atoms with Crippen molar-refractivity contribution in [3.63, 3.8) is 0 Å². The number of amidine groups is 1. The van der Waals surface area contributed by atoms with Crippen molar-refractivity contribution in [3.05, 3.63) is 71.3 Å². The van der Waals surface area contributed by atoms with E-state index in [0.29, 0.717) is 10.7 Å². The summed E-state index contributed by atoms with van der Waals surface area (Å²) < 4.78 is 5.45. The molecule has 29 heavy (non-hydrogen) atoms. The minimum absolute atomic E-state index is 0.688. The topological polar surface area (TPSA) is 54.1 Å². The molecule has 154 valence electrons. The van der Waals surface area contributed by atoms with Gasteiger partial charge in [-0.05, 0) is 47.7 Å². The number of hydrogen-bond donors (Lipinski definition) is 1. The van der Waals surface area contributed by atoms with Crippen molar-refractivity contribution in [2.45, 2.75) is 6.42 Å². The molecule has 1 heterocycles. The molecule has 1 saturated heterocycles. The van der Waals surface area contributed by atoms with Crippen LogP contribution in [-0.2, 0) is 6.42 Å². The zero-order valence-corrected chi connectivity index (χ0v) is 18.3. The molecule has 1 aliphatic heterocycles. The number of halogens is 1. The molecule has 2 aromatic rings. The van der Waals surface area contributed by atoms with E-state index >= 15 is 0 Å². The smallest absolute Gasteiger partial charge is 0.179 e. The minimum Gasteiger partial charge on any atom is -0.496 e. The maximum atomic E-state index is 5.96. The molecule has 0 bridgehead atoms.